The first-order valence-corrected chi connectivity index (χ1v) is 6.75. The van der Waals surface area contributed by atoms with Crippen molar-refractivity contribution in [2.24, 2.45) is 0 Å². The van der Waals surface area contributed by atoms with Crippen LogP contribution >= 0.6 is 0 Å². The molecule has 4 nitrogen and oxygen atoms in total. The minimum atomic E-state index is -0.921. The van der Waals surface area contributed by atoms with E-state index in [1.54, 1.807) is 31.4 Å². The van der Waals surface area contributed by atoms with Gasteiger partial charge in [0.15, 0.2) is 0 Å². The van der Waals surface area contributed by atoms with E-state index < -0.39 is 5.97 Å². The van der Waals surface area contributed by atoms with E-state index in [0.717, 1.165) is 17.0 Å². The van der Waals surface area contributed by atoms with Gasteiger partial charge in [0.2, 0.25) is 0 Å². The minimum Gasteiger partial charge on any atom is -0.496 e. The lowest BCUT2D eigenvalue weighted by Crippen LogP contribution is -2.08. The van der Waals surface area contributed by atoms with E-state index in [1.165, 1.54) is 5.56 Å². The van der Waals surface area contributed by atoms with Crippen LogP contribution in [0.1, 0.15) is 34.5 Å². The van der Waals surface area contributed by atoms with Gasteiger partial charge in [-0.1, -0.05) is 17.7 Å². The standard InChI is InChI=1S/C17H19NO3/c1-11-4-9-16(21-3)15(10-11)12(2)18-14-7-5-13(6-8-14)17(19)20/h4-10,12,18H,1-3H3,(H,19,20). The first-order valence-electron chi connectivity index (χ1n) is 6.75. The van der Waals surface area contributed by atoms with Gasteiger partial charge < -0.3 is 15.2 Å². The maximum absolute atomic E-state index is 10.8. The van der Waals surface area contributed by atoms with Gasteiger partial charge in [0.05, 0.1) is 18.7 Å². The smallest absolute Gasteiger partial charge is 0.335 e. The summed E-state index contributed by atoms with van der Waals surface area (Å²) in [7, 11) is 1.66. The lowest BCUT2D eigenvalue weighted by molar-refractivity contribution is 0.0697. The fraction of sp³-hybridized carbons (Fsp3) is 0.235. The molecule has 2 aromatic rings. The van der Waals surface area contributed by atoms with Crippen LogP contribution in [0, 0.1) is 6.92 Å². The maximum atomic E-state index is 10.8. The van der Waals surface area contributed by atoms with E-state index in [-0.39, 0.29) is 11.6 Å². The van der Waals surface area contributed by atoms with Crippen LogP contribution in [0.3, 0.4) is 0 Å². The van der Waals surface area contributed by atoms with Gasteiger partial charge in [0.1, 0.15) is 5.75 Å². The average Bonchev–Trinajstić information content (AvgIpc) is 2.47. The van der Waals surface area contributed by atoms with E-state index >= 15 is 0 Å². The van der Waals surface area contributed by atoms with Gasteiger partial charge in [-0.3, -0.25) is 0 Å². The largest absolute Gasteiger partial charge is 0.496 e. The zero-order chi connectivity index (χ0) is 15.4. The number of hydrogen-bond donors (Lipinski definition) is 2. The van der Waals surface area contributed by atoms with Gasteiger partial charge in [-0.25, -0.2) is 4.79 Å². The number of carboxylic acid groups (broad SMARTS) is 1. The number of benzene rings is 2. The average molecular weight is 285 g/mol. The second-order valence-electron chi connectivity index (χ2n) is 4.99. The Hall–Kier alpha value is -2.49. The van der Waals surface area contributed by atoms with E-state index in [0.29, 0.717) is 0 Å². The second-order valence-corrected chi connectivity index (χ2v) is 4.99. The highest BCUT2D eigenvalue weighted by Crippen LogP contribution is 2.28. The van der Waals surface area contributed by atoms with E-state index in [1.807, 2.05) is 26.0 Å². The topological polar surface area (TPSA) is 58.6 Å². The maximum Gasteiger partial charge on any atom is 0.335 e. The molecule has 1 unspecified atom stereocenters. The third-order valence-corrected chi connectivity index (χ3v) is 3.37. The van der Waals surface area contributed by atoms with Crippen LogP contribution in [0.15, 0.2) is 42.5 Å². The Kier molecular flexibility index (Phi) is 4.48. The Balaban J connectivity index is 2.19. The monoisotopic (exact) mass is 285 g/mol. The molecule has 0 aliphatic carbocycles. The van der Waals surface area contributed by atoms with E-state index in [9.17, 15) is 4.79 Å². The third-order valence-electron chi connectivity index (χ3n) is 3.37. The Morgan fingerprint density at radius 1 is 1.19 bits per heavy atom. The van der Waals surface area contributed by atoms with Crippen molar-refractivity contribution in [2.45, 2.75) is 19.9 Å². The Labute approximate surface area is 124 Å². The molecule has 1 atom stereocenters. The molecule has 2 aromatic carbocycles. The fourth-order valence-corrected chi connectivity index (χ4v) is 2.23. The number of ether oxygens (including phenoxy) is 1. The molecule has 2 rings (SSSR count). The Morgan fingerprint density at radius 2 is 1.86 bits per heavy atom. The number of aryl methyl sites for hydroxylation is 1. The zero-order valence-electron chi connectivity index (χ0n) is 12.4. The number of methoxy groups -OCH3 is 1. The molecule has 0 aliphatic heterocycles. The third kappa shape index (κ3) is 3.54. The van der Waals surface area contributed by atoms with Crippen LogP contribution in [-0.4, -0.2) is 18.2 Å². The first-order chi connectivity index (χ1) is 10.0. The molecule has 0 saturated carbocycles. The summed E-state index contributed by atoms with van der Waals surface area (Å²) in [4.78, 5) is 10.8. The van der Waals surface area contributed by atoms with Crippen molar-refractivity contribution in [3.63, 3.8) is 0 Å². The van der Waals surface area contributed by atoms with Gasteiger partial charge >= 0.3 is 5.97 Å². The summed E-state index contributed by atoms with van der Waals surface area (Å²) >= 11 is 0. The van der Waals surface area contributed by atoms with Crippen molar-refractivity contribution in [3.8, 4) is 5.75 Å². The number of carbonyl (C=O) groups is 1. The summed E-state index contributed by atoms with van der Waals surface area (Å²) in [5, 5.41) is 12.3. The number of anilines is 1. The van der Waals surface area contributed by atoms with Crippen LogP contribution < -0.4 is 10.1 Å². The fourth-order valence-electron chi connectivity index (χ4n) is 2.23. The highest BCUT2D eigenvalue weighted by Gasteiger charge is 2.12. The second kappa shape index (κ2) is 6.31. The normalized spacial score (nSPS) is 11.8. The molecule has 110 valence electrons. The van der Waals surface area contributed by atoms with E-state index in [4.69, 9.17) is 9.84 Å². The predicted octanol–water partition coefficient (Wildman–Crippen LogP) is 3.87. The highest BCUT2D eigenvalue weighted by molar-refractivity contribution is 5.88. The molecule has 0 heterocycles. The van der Waals surface area contributed by atoms with Crippen molar-refractivity contribution < 1.29 is 14.6 Å². The lowest BCUT2D eigenvalue weighted by Gasteiger charge is -2.19. The van der Waals surface area contributed by atoms with Crippen molar-refractivity contribution in [3.05, 3.63) is 59.2 Å². The molecular formula is C17H19NO3. The number of hydrogen-bond acceptors (Lipinski definition) is 3. The summed E-state index contributed by atoms with van der Waals surface area (Å²) in [6, 6.07) is 12.8. The van der Waals surface area contributed by atoms with Crippen LogP contribution in [-0.2, 0) is 0 Å². The summed E-state index contributed by atoms with van der Waals surface area (Å²) in [5.41, 5.74) is 3.39. The Morgan fingerprint density at radius 3 is 2.43 bits per heavy atom. The van der Waals surface area contributed by atoms with Crippen molar-refractivity contribution >= 4 is 11.7 Å². The summed E-state index contributed by atoms with van der Waals surface area (Å²) < 4.78 is 5.39. The van der Waals surface area contributed by atoms with Crippen molar-refractivity contribution in [2.75, 3.05) is 12.4 Å². The van der Waals surface area contributed by atoms with Gasteiger partial charge in [-0.15, -0.1) is 0 Å². The lowest BCUT2D eigenvalue weighted by atomic mass is 10.0. The zero-order valence-corrected chi connectivity index (χ0v) is 12.4. The van der Waals surface area contributed by atoms with Crippen molar-refractivity contribution in [1.29, 1.82) is 0 Å². The first kappa shape index (κ1) is 14.9. The molecule has 0 aromatic heterocycles. The molecule has 4 heteroatoms. The molecule has 0 amide bonds. The number of aromatic carboxylic acids is 1. The molecule has 0 bridgehead atoms. The van der Waals surface area contributed by atoms with Gasteiger partial charge in [-0.2, -0.15) is 0 Å². The van der Waals surface area contributed by atoms with Gasteiger partial charge in [-0.05, 0) is 44.2 Å². The predicted molar refractivity (Wildman–Crippen MR) is 83.2 cm³/mol. The molecule has 0 saturated heterocycles. The summed E-state index contributed by atoms with van der Waals surface area (Å²) in [6.45, 7) is 4.08. The molecular weight excluding hydrogens is 266 g/mol. The number of rotatable bonds is 5. The molecule has 0 fully saturated rings. The Bertz CT molecular complexity index is 635. The van der Waals surface area contributed by atoms with Crippen LogP contribution in [0.2, 0.25) is 0 Å². The molecule has 2 N–H and O–H groups in total. The minimum absolute atomic E-state index is 0.0514. The quantitative estimate of drug-likeness (QED) is 0.875. The molecule has 21 heavy (non-hydrogen) atoms. The molecule has 0 spiro atoms. The van der Waals surface area contributed by atoms with E-state index in [2.05, 4.69) is 11.4 Å². The highest BCUT2D eigenvalue weighted by atomic mass is 16.5. The summed E-state index contributed by atoms with van der Waals surface area (Å²) in [5.74, 6) is -0.0855. The number of nitrogens with one attached hydrogen (secondary N) is 1. The van der Waals surface area contributed by atoms with Crippen LogP contribution in [0.4, 0.5) is 5.69 Å². The van der Waals surface area contributed by atoms with Crippen LogP contribution in [0.5, 0.6) is 5.75 Å². The summed E-state index contributed by atoms with van der Waals surface area (Å²) in [6.07, 6.45) is 0. The SMILES string of the molecule is COc1ccc(C)cc1C(C)Nc1ccc(C(=O)O)cc1. The molecule has 0 aliphatic rings. The van der Waals surface area contributed by atoms with Crippen molar-refractivity contribution in [1.82, 2.24) is 0 Å². The van der Waals surface area contributed by atoms with Crippen LogP contribution in [0.25, 0.3) is 0 Å². The van der Waals surface area contributed by atoms with Gasteiger partial charge in [0, 0.05) is 11.3 Å². The molecule has 0 radical (unpaired) electrons. The number of carboxylic acids is 1. The van der Waals surface area contributed by atoms with Gasteiger partial charge in [0.25, 0.3) is 0 Å².